The Hall–Kier alpha value is -2.58. The molecule has 34 heavy (non-hydrogen) atoms. The molecule has 2 atom stereocenters. The molecule has 9 heteroatoms. The maximum absolute atomic E-state index is 12.8. The van der Waals surface area contributed by atoms with E-state index in [1.165, 1.54) is 6.07 Å². The summed E-state index contributed by atoms with van der Waals surface area (Å²) in [5, 5.41) is 3.16. The van der Waals surface area contributed by atoms with Crippen LogP contribution in [0.2, 0.25) is 5.02 Å². The van der Waals surface area contributed by atoms with E-state index in [4.69, 9.17) is 16.3 Å². The molecule has 7 nitrogen and oxygen atoms in total. The average Bonchev–Trinajstić information content (AvgIpc) is 2.75. The molecule has 0 saturated carbocycles. The predicted molar refractivity (Wildman–Crippen MR) is 135 cm³/mol. The van der Waals surface area contributed by atoms with Crippen LogP contribution in [0.4, 0.5) is 5.69 Å². The third-order valence-electron chi connectivity index (χ3n) is 5.18. The minimum absolute atomic E-state index is 0.102. The summed E-state index contributed by atoms with van der Waals surface area (Å²) >= 11 is 6.20. The number of sulfonamides is 1. The standard InChI is InChI=1S/C25H33ClN2O5S/c1-17(20-11-12-22(21(26)14-20)28-34(5,31)32)23(29)27-15-19(13-18-9-7-6-8-10-18)16-33-24(30)25(2,3)4/h6-12,14,17,19,28H,13,15-16H2,1-5H3,(H,27,29). The molecule has 2 rings (SSSR count). The maximum Gasteiger partial charge on any atom is 0.311 e. The largest absolute Gasteiger partial charge is 0.465 e. The van der Waals surface area contributed by atoms with Crippen LogP contribution in [0, 0.1) is 11.3 Å². The number of rotatable bonds is 10. The molecule has 2 N–H and O–H groups in total. The lowest BCUT2D eigenvalue weighted by Gasteiger charge is -2.22. The Morgan fingerprint density at radius 2 is 1.74 bits per heavy atom. The predicted octanol–water partition coefficient (Wildman–Crippen LogP) is 4.38. The Balaban J connectivity index is 2.05. The lowest BCUT2D eigenvalue weighted by Crippen LogP contribution is -2.36. The fourth-order valence-electron chi connectivity index (χ4n) is 3.18. The van der Waals surface area contributed by atoms with E-state index in [-0.39, 0.29) is 35.1 Å². The highest BCUT2D eigenvalue weighted by molar-refractivity contribution is 7.92. The Kier molecular flexibility index (Phi) is 9.53. The lowest BCUT2D eigenvalue weighted by molar-refractivity contribution is -0.154. The van der Waals surface area contributed by atoms with Crippen LogP contribution in [-0.2, 0) is 30.8 Å². The highest BCUT2D eigenvalue weighted by Crippen LogP contribution is 2.27. The van der Waals surface area contributed by atoms with Gasteiger partial charge in [0.1, 0.15) is 0 Å². The summed E-state index contributed by atoms with van der Waals surface area (Å²) in [4.78, 5) is 25.1. The average molecular weight is 509 g/mol. The summed E-state index contributed by atoms with van der Waals surface area (Å²) in [6.45, 7) is 7.66. The van der Waals surface area contributed by atoms with Crippen molar-refractivity contribution in [2.75, 3.05) is 24.1 Å². The van der Waals surface area contributed by atoms with Crippen molar-refractivity contribution >= 4 is 39.2 Å². The Morgan fingerprint density at radius 1 is 1.09 bits per heavy atom. The van der Waals surface area contributed by atoms with Crippen molar-refractivity contribution in [2.24, 2.45) is 11.3 Å². The number of benzene rings is 2. The Bertz CT molecular complexity index is 1100. The number of ether oxygens (including phenoxy) is 1. The third kappa shape index (κ3) is 8.99. The number of anilines is 1. The van der Waals surface area contributed by atoms with Gasteiger partial charge in [-0.1, -0.05) is 48.0 Å². The lowest BCUT2D eigenvalue weighted by atomic mass is 9.96. The van der Waals surface area contributed by atoms with Crippen molar-refractivity contribution in [3.8, 4) is 0 Å². The van der Waals surface area contributed by atoms with Crippen molar-refractivity contribution in [2.45, 2.75) is 40.0 Å². The van der Waals surface area contributed by atoms with Gasteiger partial charge in [0.15, 0.2) is 0 Å². The molecule has 2 aromatic rings. The van der Waals surface area contributed by atoms with Gasteiger partial charge in [0.2, 0.25) is 15.9 Å². The molecule has 0 saturated heterocycles. The SMILES string of the molecule is CC(C(=O)NCC(COC(=O)C(C)(C)C)Cc1ccccc1)c1ccc(NS(C)(=O)=O)c(Cl)c1. The second-order valence-corrected chi connectivity index (χ2v) is 11.6. The molecular weight excluding hydrogens is 476 g/mol. The van der Waals surface area contributed by atoms with Gasteiger partial charge in [-0.3, -0.25) is 14.3 Å². The van der Waals surface area contributed by atoms with Gasteiger partial charge in [0.25, 0.3) is 0 Å². The Morgan fingerprint density at radius 3 is 2.29 bits per heavy atom. The van der Waals surface area contributed by atoms with E-state index in [1.807, 2.05) is 30.3 Å². The molecule has 1 amide bonds. The molecule has 0 spiro atoms. The number of hydrogen-bond acceptors (Lipinski definition) is 5. The first-order valence-corrected chi connectivity index (χ1v) is 13.3. The number of amides is 1. The monoisotopic (exact) mass is 508 g/mol. The molecule has 0 bridgehead atoms. The molecule has 2 aromatic carbocycles. The van der Waals surface area contributed by atoms with Crippen molar-refractivity contribution in [1.82, 2.24) is 5.32 Å². The third-order valence-corrected chi connectivity index (χ3v) is 6.08. The topological polar surface area (TPSA) is 102 Å². The fourth-order valence-corrected chi connectivity index (χ4v) is 4.05. The number of esters is 1. The van der Waals surface area contributed by atoms with Gasteiger partial charge in [-0.05, 0) is 57.4 Å². The summed E-state index contributed by atoms with van der Waals surface area (Å²) in [6, 6.07) is 14.6. The summed E-state index contributed by atoms with van der Waals surface area (Å²) in [7, 11) is -3.46. The molecular formula is C25H33ClN2O5S. The van der Waals surface area contributed by atoms with Crippen LogP contribution in [0.15, 0.2) is 48.5 Å². The van der Waals surface area contributed by atoms with Crippen LogP contribution in [0.1, 0.15) is 44.7 Å². The van der Waals surface area contributed by atoms with E-state index in [0.717, 1.165) is 11.8 Å². The van der Waals surface area contributed by atoms with E-state index >= 15 is 0 Å². The van der Waals surface area contributed by atoms with E-state index in [9.17, 15) is 18.0 Å². The highest BCUT2D eigenvalue weighted by atomic mass is 35.5. The van der Waals surface area contributed by atoms with Crippen molar-refractivity contribution in [3.63, 3.8) is 0 Å². The first kappa shape index (κ1) is 27.7. The molecule has 0 aliphatic heterocycles. The van der Waals surface area contributed by atoms with E-state index in [2.05, 4.69) is 10.0 Å². The van der Waals surface area contributed by atoms with Crippen LogP contribution in [0.5, 0.6) is 0 Å². The summed E-state index contributed by atoms with van der Waals surface area (Å²) < 4.78 is 30.8. The first-order valence-electron chi connectivity index (χ1n) is 11.0. The van der Waals surface area contributed by atoms with Gasteiger partial charge < -0.3 is 10.1 Å². The van der Waals surface area contributed by atoms with Crippen molar-refractivity contribution in [3.05, 3.63) is 64.7 Å². The Labute approximate surface area is 207 Å². The number of hydrogen-bond donors (Lipinski definition) is 2. The molecule has 0 aromatic heterocycles. The first-order chi connectivity index (χ1) is 15.8. The number of nitrogens with one attached hydrogen (secondary N) is 2. The van der Waals surface area contributed by atoms with Crippen LogP contribution in [-0.4, -0.2) is 39.7 Å². The second kappa shape index (κ2) is 11.7. The van der Waals surface area contributed by atoms with Gasteiger partial charge >= 0.3 is 5.97 Å². The van der Waals surface area contributed by atoms with Gasteiger partial charge in [-0.2, -0.15) is 0 Å². The van der Waals surface area contributed by atoms with Gasteiger partial charge in [-0.15, -0.1) is 0 Å². The minimum atomic E-state index is -3.46. The van der Waals surface area contributed by atoms with Crippen LogP contribution < -0.4 is 10.0 Å². The molecule has 2 unspecified atom stereocenters. The zero-order valence-corrected chi connectivity index (χ0v) is 21.8. The number of halogens is 1. The van der Waals surface area contributed by atoms with Crippen LogP contribution >= 0.6 is 11.6 Å². The molecule has 0 aliphatic rings. The van der Waals surface area contributed by atoms with Gasteiger partial charge in [0.05, 0.1) is 34.9 Å². The summed E-state index contributed by atoms with van der Waals surface area (Å²) in [5.41, 5.74) is 1.39. The molecule has 0 fully saturated rings. The van der Waals surface area contributed by atoms with E-state index < -0.39 is 21.4 Å². The molecule has 0 heterocycles. The van der Waals surface area contributed by atoms with Crippen LogP contribution in [0.25, 0.3) is 0 Å². The zero-order chi connectivity index (χ0) is 25.5. The highest BCUT2D eigenvalue weighted by Gasteiger charge is 2.25. The molecule has 186 valence electrons. The maximum atomic E-state index is 12.8. The van der Waals surface area contributed by atoms with Crippen molar-refractivity contribution in [1.29, 1.82) is 0 Å². The number of carbonyl (C=O) groups excluding carboxylic acids is 2. The van der Waals surface area contributed by atoms with Gasteiger partial charge in [-0.25, -0.2) is 8.42 Å². The number of carbonyl (C=O) groups is 2. The van der Waals surface area contributed by atoms with Crippen LogP contribution in [0.3, 0.4) is 0 Å². The minimum Gasteiger partial charge on any atom is -0.465 e. The smallest absolute Gasteiger partial charge is 0.311 e. The summed E-state index contributed by atoms with van der Waals surface area (Å²) in [5.74, 6) is -1.11. The van der Waals surface area contributed by atoms with Gasteiger partial charge in [0, 0.05) is 12.5 Å². The quantitative estimate of drug-likeness (QED) is 0.464. The fraction of sp³-hybridized carbons (Fsp3) is 0.440. The molecule has 0 radical (unpaired) electrons. The summed E-state index contributed by atoms with van der Waals surface area (Å²) in [6.07, 6.45) is 1.68. The van der Waals surface area contributed by atoms with E-state index in [0.29, 0.717) is 18.5 Å². The van der Waals surface area contributed by atoms with Crippen molar-refractivity contribution < 1.29 is 22.7 Å². The zero-order valence-electron chi connectivity index (χ0n) is 20.2. The second-order valence-electron chi connectivity index (χ2n) is 9.48. The normalized spacial score (nSPS) is 13.6. The van der Waals surface area contributed by atoms with E-state index in [1.54, 1.807) is 39.8 Å². The molecule has 0 aliphatic carbocycles.